The van der Waals surface area contributed by atoms with E-state index in [0.29, 0.717) is 16.4 Å². The molecule has 0 aromatic carbocycles. The Labute approximate surface area is 139 Å². The highest BCUT2D eigenvalue weighted by Crippen LogP contribution is 2.39. The fraction of sp³-hybridized carbons (Fsp3) is 0.600. The molecule has 1 aromatic heterocycles. The van der Waals surface area contributed by atoms with Crippen LogP contribution in [0.15, 0.2) is 11.4 Å². The molecule has 0 spiro atoms. The van der Waals surface area contributed by atoms with Gasteiger partial charge >= 0.3 is 12.1 Å². The SMILES string of the molecule is COC(=O)C1(C)c2cnc(SC)nc2CN1C(=O)OCC(C)C. The predicted molar refractivity (Wildman–Crippen MR) is 84.9 cm³/mol. The number of thioether (sulfide) groups is 1. The van der Waals surface area contributed by atoms with E-state index >= 15 is 0 Å². The molecule has 23 heavy (non-hydrogen) atoms. The van der Waals surface area contributed by atoms with Crippen LogP contribution in [0.2, 0.25) is 0 Å². The molecule has 126 valence electrons. The summed E-state index contributed by atoms with van der Waals surface area (Å²) in [4.78, 5) is 34.8. The van der Waals surface area contributed by atoms with Crippen LogP contribution in [0, 0.1) is 5.92 Å². The molecule has 0 saturated heterocycles. The Bertz CT molecular complexity index is 623. The van der Waals surface area contributed by atoms with E-state index in [-0.39, 0.29) is 19.1 Å². The molecular weight excluding hydrogens is 318 g/mol. The summed E-state index contributed by atoms with van der Waals surface area (Å²) < 4.78 is 10.2. The molecule has 0 saturated carbocycles. The van der Waals surface area contributed by atoms with Crippen LogP contribution in [-0.4, -0.2) is 46.9 Å². The Balaban J connectivity index is 2.39. The van der Waals surface area contributed by atoms with Crippen molar-refractivity contribution in [3.05, 3.63) is 17.5 Å². The van der Waals surface area contributed by atoms with Crippen molar-refractivity contribution in [2.24, 2.45) is 5.92 Å². The molecule has 0 fully saturated rings. The van der Waals surface area contributed by atoms with Crippen molar-refractivity contribution in [1.82, 2.24) is 14.9 Å². The monoisotopic (exact) mass is 339 g/mol. The molecule has 7 nitrogen and oxygen atoms in total. The maximum atomic E-state index is 12.5. The summed E-state index contributed by atoms with van der Waals surface area (Å²) in [5.41, 5.74) is -0.0721. The van der Waals surface area contributed by atoms with Crippen LogP contribution in [0.5, 0.6) is 0 Å². The van der Waals surface area contributed by atoms with E-state index in [9.17, 15) is 9.59 Å². The third-order valence-corrected chi connectivity index (χ3v) is 4.31. The smallest absolute Gasteiger partial charge is 0.411 e. The summed E-state index contributed by atoms with van der Waals surface area (Å²) in [6.45, 7) is 5.99. The summed E-state index contributed by atoms with van der Waals surface area (Å²) in [5, 5.41) is 0.591. The number of hydrogen-bond acceptors (Lipinski definition) is 7. The maximum absolute atomic E-state index is 12.5. The molecule has 1 aliphatic heterocycles. The zero-order chi connectivity index (χ0) is 17.2. The molecule has 1 aliphatic rings. The Morgan fingerprint density at radius 3 is 2.74 bits per heavy atom. The molecule has 2 rings (SSSR count). The third kappa shape index (κ3) is 3.12. The first-order valence-electron chi connectivity index (χ1n) is 7.27. The Kier molecular flexibility index (Phi) is 5.13. The van der Waals surface area contributed by atoms with Crippen LogP contribution < -0.4 is 0 Å². The van der Waals surface area contributed by atoms with Gasteiger partial charge < -0.3 is 9.47 Å². The number of methoxy groups -OCH3 is 1. The first-order chi connectivity index (χ1) is 10.8. The average Bonchev–Trinajstić information content (AvgIpc) is 2.85. The first kappa shape index (κ1) is 17.5. The number of ether oxygens (including phenoxy) is 2. The molecule has 0 aliphatic carbocycles. The maximum Gasteiger partial charge on any atom is 0.411 e. The number of nitrogens with zero attached hydrogens (tertiary/aromatic N) is 3. The highest BCUT2D eigenvalue weighted by atomic mass is 32.2. The van der Waals surface area contributed by atoms with Gasteiger partial charge in [0.1, 0.15) is 0 Å². The Morgan fingerprint density at radius 2 is 2.17 bits per heavy atom. The van der Waals surface area contributed by atoms with Crippen LogP contribution in [0.1, 0.15) is 32.0 Å². The number of rotatable bonds is 4. The van der Waals surface area contributed by atoms with Gasteiger partial charge in [-0.1, -0.05) is 25.6 Å². The number of carbonyl (C=O) groups is 2. The largest absolute Gasteiger partial charge is 0.467 e. The van der Waals surface area contributed by atoms with Gasteiger partial charge in [0.25, 0.3) is 0 Å². The summed E-state index contributed by atoms with van der Waals surface area (Å²) >= 11 is 1.40. The van der Waals surface area contributed by atoms with E-state index in [4.69, 9.17) is 9.47 Å². The summed E-state index contributed by atoms with van der Waals surface area (Å²) in [5.74, 6) is -0.338. The van der Waals surface area contributed by atoms with Crippen molar-refractivity contribution in [3.8, 4) is 0 Å². The van der Waals surface area contributed by atoms with E-state index in [1.165, 1.54) is 23.8 Å². The second kappa shape index (κ2) is 6.74. The first-order valence-corrected chi connectivity index (χ1v) is 8.50. The lowest BCUT2D eigenvalue weighted by Gasteiger charge is -2.32. The quantitative estimate of drug-likeness (QED) is 0.472. The van der Waals surface area contributed by atoms with Crippen LogP contribution in [0.25, 0.3) is 0 Å². The van der Waals surface area contributed by atoms with Gasteiger partial charge in [-0.2, -0.15) is 0 Å². The molecule has 2 heterocycles. The fourth-order valence-electron chi connectivity index (χ4n) is 2.46. The standard InChI is InChI=1S/C15H21N3O4S/c1-9(2)8-22-14(20)18-7-11-10(6-16-13(17-11)23-5)15(18,3)12(19)21-4/h6,9H,7-8H2,1-5H3. The molecule has 0 radical (unpaired) electrons. The highest BCUT2D eigenvalue weighted by molar-refractivity contribution is 7.98. The van der Waals surface area contributed by atoms with Gasteiger partial charge in [-0.15, -0.1) is 0 Å². The van der Waals surface area contributed by atoms with Crippen molar-refractivity contribution < 1.29 is 19.1 Å². The highest BCUT2D eigenvalue weighted by Gasteiger charge is 2.52. The molecule has 0 N–H and O–H groups in total. The van der Waals surface area contributed by atoms with E-state index in [2.05, 4.69) is 9.97 Å². The lowest BCUT2D eigenvalue weighted by Crippen LogP contribution is -2.49. The minimum absolute atomic E-state index is 0.188. The molecule has 1 atom stereocenters. The van der Waals surface area contributed by atoms with E-state index in [0.717, 1.165) is 0 Å². The summed E-state index contributed by atoms with van der Waals surface area (Å²) in [6, 6.07) is 0. The lowest BCUT2D eigenvalue weighted by molar-refractivity contribution is -0.153. The molecule has 1 amide bonds. The number of amides is 1. The van der Waals surface area contributed by atoms with Crippen molar-refractivity contribution in [2.45, 2.75) is 38.0 Å². The van der Waals surface area contributed by atoms with Gasteiger partial charge in [0.2, 0.25) is 0 Å². The van der Waals surface area contributed by atoms with Crippen LogP contribution in [0.3, 0.4) is 0 Å². The lowest BCUT2D eigenvalue weighted by atomic mass is 9.95. The zero-order valence-corrected chi connectivity index (χ0v) is 14.8. The molecule has 8 heteroatoms. The normalized spacial score (nSPS) is 19.7. The number of carbonyl (C=O) groups excluding carboxylic acids is 2. The van der Waals surface area contributed by atoms with Crippen molar-refractivity contribution in [3.63, 3.8) is 0 Å². The minimum Gasteiger partial charge on any atom is -0.467 e. The van der Waals surface area contributed by atoms with Gasteiger partial charge in [0.15, 0.2) is 10.7 Å². The average molecular weight is 339 g/mol. The molecule has 1 aromatic rings. The summed E-state index contributed by atoms with van der Waals surface area (Å²) in [7, 11) is 1.29. The predicted octanol–water partition coefficient (Wildman–Crippen LogP) is 2.19. The van der Waals surface area contributed by atoms with Gasteiger partial charge in [-0.3, -0.25) is 4.90 Å². The van der Waals surface area contributed by atoms with Crippen LogP contribution >= 0.6 is 11.8 Å². The number of aromatic nitrogens is 2. The van der Waals surface area contributed by atoms with E-state index < -0.39 is 17.6 Å². The van der Waals surface area contributed by atoms with E-state index in [1.54, 1.807) is 13.1 Å². The van der Waals surface area contributed by atoms with Crippen molar-refractivity contribution >= 4 is 23.8 Å². The number of fused-ring (bicyclic) bond motifs is 1. The Hall–Kier alpha value is -1.83. The molecule has 1 unspecified atom stereocenters. The Morgan fingerprint density at radius 1 is 1.48 bits per heavy atom. The third-order valence-electron chi connectivity index (χ3n) is 3.74. The van der Waals surface area contributed by atoms with Crippen LogP contribution in [0.4, 0.5) is 4.79 Å². The minimum atomic E-state index is -1.28. The van der Waals surface area contributed by atoms with Crippen molar-refractivity contribution in [1.29, 1.82) is 0 Å². The number of hydrogen-bond donors (Lipinski definition) is 0. The summed E-state index contributed by atoms with van der Waals surface area (Å²) in [6.07, 6.45) is 2.89. The zero-order valence-electron chi connectivity index (χ0n) is 14.0. The van der Waals surface area contributed by atoms with Gasteiger partial charge in [0, 0.05) is 11.8 Å². The van der Waals surface area contributed by atoms with Gasteiger partial charge in [-0.25, -0.2) is 19.6 Å². The van der Waals surface area contributed by atoms with Crippen molar-refractivity contribution in [2.75, 3.05) is 20.0 Å². The van der Waals surface area contributed by atoms with Gasteiger partial charge in [0.05, 0.1) is 26.0 Å². The van der Waals surface area contributed by atoms with E-state index in [1.807, 2.05) is 20.1 Å². The molecule has 0 bridgehead atoms. The second-order valence-electron chi connectivity index (χ2n) is 5.84. The fourth-order valence-corrected chi connectivity index (χ4v) is 2.82. The second-order valence-corrected chi connectivity index (χ2v) is 6.61. The van der Waals surface area contributed by atoms with Crippen LogP contribution in [-0.2, 0) is 26.4 Å². The topological polar surface area (TPSA) is 81.6 Å². The number of esters is 1. The molecular formula is C15H21N3O4S. The van der Waals surface area contributed by atoms with Gasteiger partial charge in [-0.05, 0) is 19.1 Å².